The van der Waals surface area contributed by atoms with E-state index in [1.54, 1.807) is 11.9 Å². The van der Waals surface area contributed by atoms with E-state index in [1.807, 2.05) is 18.9 Å². The normalized spacial score (nSPS) is 22.2. The van der Waals surface area contributed by atoms with Crippen LogP contribution in [0.15, 0.2) is 0 Å². The van der Waals surface area contributed by atoms with Crippen molar-refractivity contribution in [3.8, 4) is 0 Å². The molecule has 0 bridgehead atoms. The maximum atomic E-state index is 11.8. The molecule has 0 aliphatic carbocycles. The SMILES string of the molecule is CN1CCC(N(C)CC(C)(CO)CO)C1=O. The monoisotopic (exact) mass is 230 g/mol. The van der Waals surface area contributed by atoms with Gasteiger partial charge in [-0.05, 0) is 13.5 Å². The Morgan fingerprint density at radius 1 is 1.50 bits per heavy atom. The van der Waals surface area contributed by atoms with Crippen molar-refractivity contribution in [2.75, 3.05) is 40.4 Å². The highest BCUT2D eigenvalue weighted by Gasteiger charge is 2.35. The van der Waals surface area contributed by atoms with E-state index in [0.717, 1.165) is 13.0 Å². The van der Waals surface area contributed by atoms with E-state index >= 15 is 0 Å². The summed E-state index contributed by atoms with van der Waals surface area (Å²) in [5.41, 5.74) is -0.545. The average molecular weight is 230 g/mol. The fourth-order valence-corrected chi connectivity index (χ4v) is 2.08. The zero-order valence-corrected chi connectivity index (χ0v) is 10.3. The van der Waals surface area contributed by atoms with Gasteiger partial charge in [0.15, 0.2) is 0 Å². The van der Waals surface area contributed by atoms with E-state index in [-0.39, 0.29) is 25.2 Å². The van der Waals surface area contributed by atoms with Crippen LogP contribution in [0.1, 0.15) is 13.3 Å². The Kier molecular flexibility index (Phi) is 4.29. The molecular weight excluding hydrogens is 208 g/mol. The molecule has 0 aromatic heterocycles. The largest absolute Gasteiger partial charge is 0.396 e. The molecule has 0 spiro atoms. The third-order valence-electron chi connectivity index (χ3n) is 3.33. The molecule has 0 aromatic carbocycles. The Hall–Kier alpha value is -0.650. The van der Waals surface area contributed by atoms with Crippen LogP contribution in [0.5, 0.6) is 0 Å². The number of amides is 1. The number of likely N-dealkylation sites (tertiary alicyclic amines) is 1. The first kappa shape index (κ1) is 13.4. The Balaban J connectivity index is 2.59. The van der Waals surface area contributed by atoms with Crippen LogP contribution in [0.25, 0.3) is 0 Å². The van der Waals surface area contributed by atoms with Gasteiger partial charge in [-0.25, -0.2) is 0 Å². The third kappa shape index (κ3) is 2.72. The zero-order valence-electron chi connectivity index (χ0n) is 10.3. The Bertz CT molecular complexity index is 254. The Morgan fingerprint density at radius 2 is 2.06 bits per heavy atom. The summed E-state index contributed by atoms with van der Waals surface area (Å²) in [7, 11) is 3.67. The zero-order chi connectivity index (χ0) is 12.3. The van der Waals surface area contributed by atoms with Gasteiger partial charge in [-0.2, -0.15) is 0 Å². The molecule has 1 aliphatic rings. The first-order chi connectivity index (χ1) is 7.43. The van der Waals surface area contributed by atoms with Crippen LogP contribution < -0.4 is 0 Å². The van der Waals surface area contributed by atoms with Gasteiger partial charge in [0, 0.05) is 25.6 Å². The van der Waals surface area contributed by atoms with Crippen molar-refractivity contribution < 1.29 is 15.0 Å². The van der Waals surface area contributed by atoms with E-state index in [0.29, 0.717) is 6.54 Å². The number of hydrogen-bond acceptors (Lipinski definition) is 4. The van der Waals surface area contributed by atoms with Crippen LogP contribution in [-0.4, -0.2) is 72.4 Å². The molecule has 0 saturated carbocycles. The average Bonchev–Trinajstić information content (AvgIpc) is 2.59. The molecule has 1 rings (SSSR count). The summed E-state index contributed by atoms with van der Waals surface area (Å²) in [6.45, 7) is 2.95. The number of aliphatic hydroxyl groups is 2. The number of aliphatic hydroxyl groups excluding tert-OH is 2. The minimum absolute atomic E-state index is 0.0788. The smallest absolute Gasteiger partial charge is 0.239 e. The van der Waals surface area contributed by atoms with Gasteiger partial charge in [0.1, 0.15) is 0 Å². The molecule has 2 N–H and O–H groups in total. The van der Waals surface area contributed by atoms with Gasteiger partial charge in [-0.15, -0.1) is 0 Å². The van der Waals surface area contributed by atoms with Crippen molar-refractivity contribution in [2.45, 2.75) is 19.4 Å². The van der Waals surface area contributed by atoms with Crippen molar-refractivity contribution >= 4 is 5.91 Å². The highest BCUT2D eigenvalue weighted by Crippen LogP contribution is 2.21. The topological polar surface area (TPSA) is 64.0 Å². The molecule has 1 heterocycles. The molecule has 1 atom stereocenters. The van der Waals surface area contributed by atoms with Gasteiger partial charge in [0.25, 0.3) is 0 Å². The number of rotatable bonds is 5. The second-order valence-corrected chi connectivity index (χ2v) is 5.11. The van der Waals surface area contributed by atoms with Crippen LogP contribution in [0.4, 0.5) is 0 Å². The standard InChI is InChI=1S/C11H22N2O3/c1-11(7-14,8-15)6-13(3)9-4-5-12(2)10(9)16/h9,14-15H,4-8H2,1-3H3. The van der Waals surface area contributed by atoms with Gasteiger partial charge >= 0.3 is 0 Å². The molecule has 0 aromatic rings. The van der Waals surface area contributed by atoms with Crippen molar-refractivity contribution in [1.82, 2.24) is 9.80 Å². The number of hydrogen-bond donors (Lipinski definition) is 2. The van der Waals surface area contributed by atoms with E-state index in [4.69, 9.17) is 0 Å². The van der Waals surface area contributed by atoms with Gasteiger partial charge in [-0.1, -0.05) is 6.92 Å². The molecule has 94 valence electrons. The lowest BCUT2D eigenvalue weighted by Gasteiger charge is -2.32. The fourth-order valence-electron chi connectivity index (χ4n) is 2.08. The van der Waals surface area contributed by atoms with Gasteiger partial charge in [0.05, 0.1) is 19.3 Å². The molecule has 5 heteroatoms. The van der Waals surface area contributed by atoms with E-state index in [9.17, 15) is 15.0 Å². The summed E-state index contributed by atoms with van der Waals surface area (Å²) in [6, 6.07) is -0.109. The van der Waals surface area contributed by atoms with Crippen LogP contribution >= 0.6 is 0 Å². The molecular formula is C11H22N2O3. The minimum atomic E-state index is -0.545. The van der Waals surface area contributed by atoms with E-state index < -0.39 is 5.41 Å². The molecule has 5 nitrogen and oxygen atoms in total. The quantitative estimate of drug-likeness (QED) is 0.645. The van der Waals surface area contributed by atoms with Crippen LogP contribution in [0, 0.1) is 5.41 Å². The molecule has 1 unspecified atom stereocenters. The number of carbonyl (C=O) groups is 1. The van der Waals surface area contributed by atoms with Crippen molar-refractivity contribution in [3.63, 3.8) is 0 Å². The molecule has 1 fully saturated rings. The summed E-state index contributed by atoms with van der Waals surface area (Å²) < 4.78 is 0. The molecule has 0 radical (unpaired) electrons. The lowest BCUT2D eigenvalue weighted by Crippen LogP contribution is -2.46. The van der Waals surface area contributed by atoms with Crippen LogP contribution in [0.2, 0.25) is 0 Å². The van der Waals surface area contributed by atoms with Crippen molar-refractivity contribution in [3.05, 3.63) is 0 Å². The maximum Gasteiger partial charge on any atom is 0.239 e. The minimum Gasteiger partial charge on any atom is -0.396 e. The first-order valence-electron chi connectivity index (χ1n) is 5.60. The molecule has 16 heavy (non-hydrogen) atoms. The summed E-state index contributed by atoms with van der Waals surface area (Å²) in [6.07, 6.45) is 0.818. The lowest BCUT2D eigenvalue weighted by atomic mass is 9.92. The van der Waals surface area contributed by atoms with Gasteiger partial charge < -0.3 is 15.1 Å². The highest BCUT2D eigenvalue weighted by atomic mass is 16.3. The third-order valence-corrected chi connectivity index (χ3v) is 3.33. The predicted molar refractivity (Wildman–Crippen MR) is 61.0 cm³/mol. The summed E-state index contributed by atoms with van der Waals surface area (Å²) in [5, 5.41) is 18.4. The highest BCUT2D eigenvalue weighted by molar-refractivity contribution is 5.83. The second kappa shape index (κ2) is 5.12. The summed E-state index contributed by atoms with van der Waals surface area (Å²) in [4.78, 5) is 15.4. The van der Waals surface area contributed by atoms with Gasteiger partial charge in [-0.3, -0.25) is 9.69 Å². The second-order valence-electron chi connectivity index (χ2n) is 5.11. The molecule has 1 amide bonds. The maximum absolute atomic E-state index is 11.8. The van der Waals surface area contributed by atoms with Crippen molar-refractivity contribution in [1.29, 1.82) is 0 Å². The molecule has 1 aliphatic heterocycles. The summed E-state index contributed by atoms with van der Waals surface area (Å²) >= 11 is 0. The predicted octanol–water partition coefficient (Wildman–Crippen LogP) is -0.860. The lowest BCUT2D eigenvalue weighted by molar-refractivity contribution is -0.131. The summed E-state index contributed by atoms with van der Waals surface area (Å²) in [5.74, 6) is 0.126. The Labute approximate surface area is 96.7 Å². The Morgan fingerprint density at radius 3 is 2.44 bits per heavy atom. The number of carbonyl (C=O) groups excluding carboxylic acids is 1. The van der Waals surface area contributed by atoms with Crippen molar-refractivity contribution in [2.24, 2.45) is 5.41 Å². The number of likely N-dealkylation sites (N-methyl/N-ethyl adjacent to an activating group) is 2. The molecule has 1 saturated heterocycles. The number of nitrogens with zero attached hydrogens (tertiary/aromatic N) is 2. The van der Waals surface area contributed by atoms with E-state index in [1.165, 1.54) is 0 Å². The fraction of sp³-hybridized carbons (Fsp3) is 0.909. The van der Waals surface area contributed by atoms with Crippen LogP contribution in [0.3, 0.4) is 0 Å². The first-order valence-corrected chi connectivity index (χ1v) is 5.60. The van der Waals surface area contributed by atoms with Gasteiger partial charge in [0.2, 0.25) is 5.91 Å². The van der Waals surface area contributed by atoms with E-state index in [2.05, 4.69) is 0 Å². The van der Waals surface area contributed by atoms with Crippen LogP contribution in [-0.2, 0) is 4.79 Å².